The van der Waals surface area contributed by atoms with Crippen LogP contribution in [0.5, 0.6) is 5.75 Å². The van der Waals surface area contributed by atoms with E-state index in [0.717, 1.165) is 22.8 Å². The number of benzene rings is 2. The molecule has 0 saturated heterocycles. The van der Waals surface area contributed by atoms with E-state index >= 15 is 0 Å². The fourth-order valence-electron chi connectivity index (χ4n) is 2.62. The summed E-state index contributed by atoms with van der Waals surface area (Å²) in [6.07, 6.45) is 0. The number of nitrogens with zero attached hydrogens (tertiary/aromatic N) is 2. The van der Waals surface area contributed by atoms with Crippen LogP contribution >= 0.6 is 0 Å². The first-order valence-corrected chi connectivity index (χ1v) is 8.77. The molecule has 2 aromatic carbocycles. The van der Waals surface area contributed by atoms with E-state index in [-0.39, 0.29) is 5.91 Å². The number of hydrogen-bond donors (Lipinski definition) is 2. The molecule has 0 saturated carbocycles. The molecule has 27 heavy (non-hydrogen) atoms. The molecule has 0 spiro atoms. The van der Waals surface area contributed by atoms with Crippen LogP contribution in [-0.2, 0) is 0 Å². The summed E-state index contributed by atoms with van der Waals surface area (Å²) in [5.41, 5.74) is 3.90. The van der Waals surface area contributed by atoms with E-state index < -0.39 is 0 Å². The van der Waals surface area contributed by atoms with Gasteiger partial charge in [0.2, 0.25) is 5.95 Å². The van der Waals surface area contributed by atoms with Crippen molar-refractivity contribution in [2.24, 2.45) is 0 Å². The van der Waals surface area contributed by atoms with Crippen molar-refractivity contribution < 1.29 is 9.53 Å². The van der Waals surface area contributed by atoms with E-state index in [4.69, 9.17) is 4.74 Å². The third kappa shape index (κ3) is 5.04. The quantitative estimate of drug-likeness (QED) is 0.676. The van der Waals surface area contributed by atoms with Gasteiger partial charge in [-0.25, -0.2) is 9.97 Å². The predicted octanol–water partition coefficient (Wildman–Crippen LogP) is 4.49. The normalized spacial score (nSPS) is 10.3. The van der Waals surface area contributed by atoms with Crippen molar-refractivity contribution >= 4 is 23.2 Å². The molecule has 1 amide bonds. The molecule has 0 atom stereocenters. The molecule has 1 heterocycles. The highest BCUT2D eigenvalue weighted by atomic mass is 16.5. The molecule has 138 valence electrons. The fraction of sp³-hybridized carbons (Fsp3) is 0.190. The monoisotopic (exact) mass is 362 g/mol. The van der Waals surface area contributed by atoms with Gasteiger partial charge in [0.15, 0.2) is 0 Å². The average molecular weight is 362 g/mol. The van der Waals surface area contributed by atoms with Gasteiger partial charge in [0, 0.05) is 28.3 Å². The van der Waals surface area contributed by atoms with Crippen molar-refractivity contribution in [3.05, 3.63) is 71.5 Å². The Kier molecular flexibility index (Phi) is 5.66. The van der Waals surface area contributed by atoms with Crippen molar-refractivity contribution in [3.63, 3.8) is 0 Å². The standard InChI is InChI=1S/C21H22N4O2/c1-4-27-19-11-9-17(10-12-19)24-20(26)16-5-7-18(8-6-16)25-21-22-14(2)13-15(3)23-21/h5-13H,4H2,1-3H3,(H,24,26)(H,22,23,25). The van der Waals surface area contributed by atoms with Gasteiger partial charge in [-0.05, 0) is 75.4 Å². The molecule has 0 radical (unpaired) electrons. The fourth-order valence-corrected chi connectivity index (χ4v) is 2.62. The molecule has 0 unspecified atom stereocenters. The van der Waals surface area contributed by atoms with Crippen LogP contribution in [0.3, 0.4) is 0 Å². The van der Waals surface area contributed by atoms with Crippen molar-refractivity contribution in [2.75, 3.05) is 17.2 Å². The van der Waals surface area contributed by atoms with Crippen LogP contribution in [0.1, 0.15) is 28.7 Å². The molecule has 2 N–H and O–H groups in total. The van der Waals surface area contributed by atoms with Gasteiger partial charge in [-0.15, -0.1) is 0 Å². The average Bonchev–Trinajstić information content (AvgIpc) is 2.63. The minimum atomic E-state index is -0.173. The third-order valence-corrected chi connectivity index (χ3v) is 3.81. The van der Waals surface area contributed by atoms with Crippen molar-refractivity contribution in [3.8, 4) is 5.75 Å². The second kappa shape index (κ2) is 8.31. The van der Waals surface area contributed by atoms with E-state index in [9.17, 15) is 4.79 Å². The topological polar surface area (TPSA) is 76.1 Å². The lowest BCUT2D eigenvalue weighted by Gasteiger charge is -2.09. The van der Waals surface area contributed by atoms with Crippen LogP contribution in [0.15, 0.2) is 54.6 Å². The molecule has 0 aliphatic heterocycles. The highest BCUT2D eigenvalue weighted by molar-refractivity contribution is 6.04. The molecule has 6 heteroatoms. The maximum atomic E-state index is 12.4. The summed E-state index contributed by atoms with van der Waals surface area (Å²) in [6.45, 7) is 6.39. The maximum Gasteiger partial charge on any atom is 0.255 e. The largest absolute Gasteiger partial charge is 0.494 e. The van der Waals surface area contributed by atoms with Gasteiger partial charge in [-0.3, -0.25) is 4.79 Å². The number of ether oxygens (including phenoxy) is 1. The minimum Gasteiger partial charge on any atom is -0.494 e. The zero-order valence-electron chi connectivity index (χ0n) is 15.6. The molecule has 1 aromatic heterocycles. The number of carbonyl (C=O) groups is 1. The van der Waals surface area contributed by atoms with E-state index in [0.29, 0.717) is 23.8 Å². The van der Waals surface area contributed by atoms with Gasteiger partial charge in [0.05, 0.1) is 6.61 Å². The Balaban J connectivity index is 1.64. The van der Waals surface area contributed by atoms with Crippen LogP contribution in [0.2, 0.25) is 0 Å². The van der Waals surface area contributed by atoms with Gasteiger partial charge in [-0.2, -0.15) is 0 Å². The van der Waals surface area contributed by atoms with E-state index in [1.54, 1.807) is 12.1 Å². The SMILES string of the molecule is CCOc1ccc(NC(=O)c2ccc(Nc3nc(C)cc(C)n3)cc2)cc1. The molecule has 6 nitrogen and oxygen atoms in total. The predicted molar refractivity (Wildman–Crippen MR) is 107 cm³/mol. The summed E-state index contributed by atoms with van der Waals surface area (Å²) in [7, 11) is 0. The number of aryl methyl sites for hydroxylation is 2. The molecule has 3 rings (SSSR count). The summed E-state index contributed by atoms with van der Waals surface area (Å²) >= 11 is 0. The van der Waals surface area contributed by atoms with E-state index in [1.807, 2.05) is 63.2 Å². The number of rotatable bonds is 6. The Morgan fingerprint density at radius 1 is 0.926 bits per heavy atom. The van der Waals surface area contributed by atoms with Gasteiger partial charge in [-0.1, -0.05) is 0 Å². The van der Waals surface area contributed by atoms with Crippen LogP contribution in [0, 0.1) is 13.8 Å². The van der Waals surface area contributed by atoms with Crippen molar-refractivity contribution in [2.45, 2.75) is 20.8 Å². The molecular weight excluding hydrogens is 340 g/mol. The van der Waals surface area contributed by atoms with Crippen molar-refractivity contribution in [1.29, 1.82) is 0 Å². The Bertz CT molecular complexity index is 902. The minimum absolute atomic E-state index is 0.173. The number of aromatic nitrogens is 2. The summed E-state index contributed by atoms with van der Waals surface area (Å²) in [5.74, 6) is 1.15. The summed E-state index contributed by atoms with van der Waals surface area (Å²) < 4.78 is 5.40. The van der Waals surface area contributed by atoms with Gasteiger partial charge in [0.25, 0.3) is 5.91 Å². The van der Waals surface area contributed by atoms with E-state index in [2.05, 4.69) is 20.6 Å². The Morgan fingerprint density at radius 3 is 2.11 bits per heavy atom. The highest BCUT2D eigenvalue weighted by Crippen LogP contribution is 2.18. The summed E-state index contributed by atoms with van der Waals surface area (Å²) in [6, 6.07) is 16.4. The van der Waals surface area contributed by atoms with Gasteiger partial charge < -0.3 is 15.4 Å². The third-order valence-electron chi connectivity index (χ3n) is 3.81. The Hall–Kier alpha value is -3.41. The zero-order valence-corrected chi connectivity index (χ0v) is 15.6. The number of anilines is 3. The second-order valence-corrected chi connectivity index (χ2v) is 6.09. The first kappa shape index (κ1) is 18.4. The zero-order chi connectivity index (χ0) is 19.2. The van der Waals surface area contributed by atoms with Crippen LogP contribution < -0.4 is 15.4 Å². The van der Waals surface area contributed by atoms with Gasteiger partial charge >= 0.3 is 0 Å². The second-order valence-electron chi connectivity index (χ2n) is 6.09. The number of hydrogen-bond acceptors (Lipinski definition) is 5. The smallest absolute Gasteiger partial charge is 0.255 e. The highest BCUT2D eigenvalue weighted by Gasteiger charge is 2.07. The number of amides is 1. The summed E-state index contributed by atoms with van der Waals surface area (Å²) in [4.78, 5) is 21.1. The molecule has 0 bridgehead atoms. The molecule has 0 aliphatic carbocycles. The first-order valence-electron chi connectivity index (χ1n) is 8.77. The first-order chi connectivity index (χ1) is 13.0. The lowest BCUT2D eigenvalue weighted by Crippen LogP contribution is -2.11. The molecule has 3 aromatic rings. The summed E-state index contributed by atoms with van der Waals surface area (Å²) in [5, 5.41) is 6.02. The molecule has 0 aliphatic rings. The van der Waals surface area contributed by atoms with Crippen molar-refractivity contribution in [1.82, 2.24) is 9.97 Å². The van der Waals surface area contributed by atoms with Crippen LogP contribution in [-0.4, -0.2) is 22.5 Å². The van der Waals surface area contributed by atoms with Crippen LogP contribution in [0.4, 0.5) is 17.3 Å². The van der Waals surface area contributed by atoms with E-state index in [1.165, 1.54) is 0 Å². The lowest BCUT2D eigenvalue weighted by molar-refractivity contribution is 0.102. The Labute approximate surface area is 158 Å². The van der Waals surface area contributed by atoms with Gasteiger partial charge in [0.1, 0.15) is 5.75 Å². The Morgan fingerprint density at radius 2 is 1.52 bits per heavy atom. The lowest BCUT2D eigenvalue weighted by atomic mass is 10.2. The number of nitrogens with one attached hydrogen (secondary N) is 2. The maximum absolute atomic E-state index is 12.4. The molecule has 0 fully saturated rings. The van der Waals surface area contributed by atoms with Crippen LogP contribution in [0.25, 0.3) is 0 Å². The number of carbonyl (C=O) groups excluding carboxylic acids is 1. The molecular formula is C21H22N4O2.